The molecule has 0 heterocycles. The highest BCUT2D eigenvalue weighted by Gasteiger charge is 2.21. The number of halogens is 3. The Bertz CT molecular complexity index is 383. The number of rotatable bonds is 2. The van der Waals surface area contributed by atoms with Crippen LogP contribution < -0.4 is 4.74 Å². The van der Waals surface area contributed by atoms with Crippen LogP contribution >= 0.6 is 0 Å². The fourth-order valence-electron chi connectivity index (χ4n) is 2.28. The van der Waals surface area contributed by atoms with Gasteiger partial charge in [0.15, 0.2) is 17.5 Å². The molecule has 2 rings (SSSR count). The summed E-state index contributed by atoms with van der Waals surface area (Å²) in [7, 11) is 0. The van der Waals surface area contributed by atoms with Gasteiger partial charge in [-0.25, -0.2) is 13.2 Å². The molecule has 1 saturated carbocycles. The zero-order chi connectivity index (χ0) is 12.4. The Morgan fingerprint density at radius 1 is 1.12 bits per heavy atom. The second kappa shape index (κ2) is 4.98. The maximum Gasteiger partial charge on any atom is 0.194 e. The standard InChI is InChI=1S/C13H15F3O/c1-8-3-2-4-9(5-8)17-10-6-11(14)13(16)12(15)7-10/h6-9H,2-5H2,1H3. The van der Waals surface area contributed by atoms with Crippen molar-refractivity contribution in [3.63, 3.8) is 0 Å². The molecule has 0 spiro atoms. The van der Waals surface area contributed by atoms with Crippen LogP contribution in [-0.2, 0) is 0 Å². The van der Waals surface area contributed by atoms with Crippen molar-refractivity contribution in [3.8, 4) is 5.75 Å². The molecule has 17 heavy (non-hydrogen) atoms. The quantitative estimate of drug-likeness (QED) is 0.713. The molecule has 0 saturated heterocycles. The summed E-state index contributed by atoms with van der Waals surface area (Å²) in [6.45, 7) is 2.13. The summed E-state index contributed by atoms with van der Waals surface area (Å²) in [4.78, 5) is 0. The molecule has 0 bridgehead atoms. The molecule has 1 aliphatic rings. The monoisotopic (exact) mass is 244 g/mol. The average molecular weight is 244 g/mol. The van der Waals surface area contributed by atoms with Crippen molar-refractivity contribution in [2.24, 2.45) is 5.92 Å². The summed E-state index contributed by atoms with van der Waals surface area (Å²) in [6, 6.07) is 1.80. The highest BCUT2D eigenvalue weighted by Crippen LogP contribution is 2.28. The minimum absolute atomic E-state index is 0.0250. The van der Waals surface area contributed by atoms with Gasteiger partial charge in [-0.2, -0.15) is 0 Å². The van der Waals surface area contributed by atoms with E-state index in [2.05, 4.69) is 6.92 Å². The highest BCUT2D eigenvalue weighted by atomic mass is 19.2. The van der Waals surface area contributed by atoms with E-state index >= 15 is 0 Å². The van der Waals surface area contributed by atoms with E-state index in [9.17, 15) is 13.2 Å². The normalized spacial score (nSPS) is 24.7. The molecular weight excluding hydrogens is 229 g/mol. The lowest BCUT2D eigenvalue weighted by Gasteiger charge is -2.27. The van der Waals surface area contributed by atoms with Gasteiger partial charge in [-0.15, -0.1) is 0 Å². The van der Waals surface area contributed by atoms with E-state index in [0.717, 1.165) is 37.8 Å². The second-order valence-electron chi connectivity index (χ2n) is 4.71. The average Bonchev–Trinajstić information content (AvgIpc) is 2.26. The van der Waals surface area contributed by atoms with Crippen molar-refractivity contribution in [1.29, 1.82) is 0 Å². The molecule has 1 fully saturated rings. The molecule has 1 aromatic carbocycles. The third-order valence-electron chi connectivity index (χ3n) is 3.15. The van der Waals surface area contributed by atoms with Crippen LogP contribution in [0.4, 0.5) is 13.2 Å². The zero-order valence-corrected chi connectivity index (χ0v) is 9.68. The first-order valence-electron chi connectivity index (χ1n) is 5.87. The molecule has 0 amide bonds. The van der Waals surface area contributed by atoms with Gasteiger partial charge in [0.2, 0.25) is 0 Å². The maximum absolute atomic E-state index is 13.0. The Labute approximate surface area is 98.6 Å². The van der Waals surface area contributed by atoms with Gasteiger partial charge >= 0.3 is 0 Å². The third kappa shape index (κ3) is 2.93. The van der Waals surface area contributed by atoms with Crippen LogP contribution in [-0.4, -0.2) is 6.10 Å². The summed E-state index contributed by atoms with van der Waals surface area (Å²) in [5.74, 6) is -3.23. The minimum atomic E-state index is -1.45. The highest BCUT2D eigenvalue weighted by molar-refractivity contribution is 5.25. The first-order valence-corrected chi connectivity index (χ1v) is 5.87. The van der Waals surface area contributed by atoms with E-state index in [4.69, 9.17) is 4.74 Å². The summed E-state index contributed by atoms with van der Waals surface area (Å²) >= 11 is 0. The molecule has 94 valence electrons. The fraction of sp³-hybridized carbons (Fsp3) is 0.538. The van der Waals surface area contributed by atoms with Crippen molar-refractivity contribution < 1.29 is 17.9 Å². The van der Waals surface area contributed by atoms with Gasteiger partial charge in [0, 0.05) is 12.1 Å². The molecule has 1 aromatic rings. The predicted octanol–water partition coefficient (Wildman–Crippen LogP) is 4.06. The van der Waals surface area contributed by atoms with Crippen LogP contribution in [0.3, 0.4) is 0 Å². The largest absolute Gasteiger partial charge is 0.490 e. The number of ether oxygens (including phenoxy) is 1. The molecule has 2 unspecified atom stereocenters. The Morgan fingerprint density at radius 2 is 1.76 bits per heavy atom. The Balaban J connectivity index is 2.08. The van der Waals surface area contributed by atoms with Gasteiger partial charge < -0.3 is 4.74 Å². The maximum atomic E-state index is 13.0. The van der Waals surface area contributed by atoms with E-state index in [1.807, 2.05) is 0 Å². The van der Waals surface area contributed by atoms with Crippen LogP contribution in [0.15, 0.2) is 12.1 Å². The topological polar surface area (TPSA) is 9.23 Å². The lowest BCUT2D eigenvalue weighted by atomic mass is 9.89. The lowest BCUT2D eigenvalue weighted by molar-refractivity contribution is 0.128. The van der Waals surface area contributed by atoms with Crippen LogP contribution in [0.25, 0.3) is 0 Å². The first kappa shape index (κ1) is 12.3. The van der Waals surface area contributed by atoms with Crippen molar-refractivity contribution in [2.45, 2.75) is 38.7 Å². The summed E-state index contributed by atoms with van der Waals surface area (Å²) in [5.41, 5.74) is 0. The summed E-state index contributed by atoms with van der Waals surface area (Å²) in [5, 5.41) is 0. The lowest BCUT2D eigenvalue weighted by Crippen LogP contribution is -2.24. The van der Waals surface area contributed by atoms with E-state index < -0.39 is 17.5 Å². The van der Waals surface area contributed by atoms with Gasteiger partial charge in [0.25, 0.3) is 0 Å². The van der Waals surface area contributed by atoms with Crippen molar-refractivity contribution in [2.75, 3.05) is 0 Å². The predicted molar refractivity (Wildman–Crippen MR) is 58.4 cm³/mol. The van der Waals surface area contributed by atoms with Crippen molar-refractivity contribution in [3.05, 3.63) is 29.6 Å². The molecule has 1 aliphatic carbocycles. The first-order chi connectivity index (χ1) is 8.06. The van der Waals surface area contributed by atoms with Crippen LogP contribution in [0.2, 0.25) is 0 Å². The second-order valence-corrected chi connectivity index (χ2v) is 4.71. The molecular formula is C13H15F3O. The molecule has 0 aliphatic heterocycles. The van der Waals surface area contributed by atoms with E-state index in [1.54, 1.807) is 0 Å². The van der Waals surface area contributed by atoms with Crippen LogP contribution in [0.1, 0.15) is 32.6 Å². The van der Waals surface area contributed by atoms with Gasteiger partial charge in [-0.3, -0.25) is 0 Å². The molecule has 0 aromatic heterocycles. The number of benzene rings is 1. The van der Waals surface area contributed by atoms with Gasteiger partial charge in [-0.05, 0) is 25.2 Å². The third-order valence-corrected chi connectivity index (χ3v) is 3.15. The minimum Gasteiger partial charge on any atom is -0.490 e. The van der Waals surface area contributed by atoms with E-state index in [-0.39, 0.29) is 11.9 Å². The van der Waals surface area contributed by atoms with Crippen molar-refractivity contribution >= 4 is 0 Å². The molecule has 2 atom stereocenters. The molecule has 0 N–H and O–H groups in total. The molecule has 1 nitrogen and oxygen atoms in total. The fourth-order valence-corrected chi connectivity index (χ4v) is 2.28. The van der Waals surface area contributed by atoms with Crippen LogP contribution in [0.5, 0.6) is 5.75 Å². The van der Waals surface area contributed by atoms with E-state index in [0.29, 0.717) is 5.92 Å². The van der Waals surface area contributed by atoms with Crippen molar-refractivity contribution in [1.82, 2.24) is 0 Å². The Hall–Kier alpha value is -1.19. The van der Waals surface area contributed by atoms with Gasteiger partial charge in [-0.1, -0.05) is 13.3 Å². The van der Waals surface area contributed by atoms with Gasteiger partial charge in [0.05, 0.1) is 6.10 Å². The van der Waals surface area contributed by atoms with Gasteiger partial charge in [0.1, 0.15) is 5.75 Å². The Kier molecular flexibility index (Phi) is 3.60. The summed E-state index contributed by atoms with van der Waals surface area (Å²) in [6.07, 6.45) is 3.94. The number of hydrogen-bond acceptors (Lipinski definition) is 1. The van der Waals surface area contributed by atoms with E-state index in [1.165, 1.54) is 0 Å². The molecule has 0 radical (unpaired) electrons. The summed E-state index contributed by atoms with van der Waals surface area (Å²) < 4.78 is 44.2. The smallest absolute Gasteiger partial charge is 0.194 e. The zero-order valence-electron chi connectivity index (χ0n) is 9.68. The Morgan fingerprint density at radius 3 is 2.35 bits per heavy atom. The SMILES string of the molecule is CC1CCCC(Oc2cc(F)c(F)c(F)c2)C1. The number of hydrogen-bond donors (Lipinski definition) is 0. The van der Waals surface area contributed by atoms with Crippen LogP contribution in [0, 0.1) is 23.4 Å². The molecule has 4 heteroatoms.